The van der Waals surface area contributed by atoms with Crippen molar-refractivity contribution in [2.75, 3.05) is 12.9 Å². The van der Waals surface area contributed by atoms with Crippen LogP contribution in [0, 0.1) is 5.82 Å². The molecular formula is C17H19FN4O2S. The lowest BCUT2D eigenvalue weighted by molar-refractivity contribution is -0.130. The number of hydrazone groups is 1. The quantitative estimate of drug-likeness (QED) is 0.598. The smallest absolute Gasteiger partial charge is 0.268 e. The van der Waals surface area contributed by atoms with Crippen molar-refractivity contribution in [1.29, 1.82) is 0 Å². The Labute approximate surface area is 149 Å². The molecule has 0 radical (unpaired) electrons. The highest BCUT2D eigenvalue weighted by molar-refractivity contribution is 8.03. The molecule has 0 saturated heterocycles. The molecule has 0 spiro atoms. The maximum absolute atomic E-state index is 13.3. The van der Waals surface area contributed by atoms with Gasteiger partial charge in [0.05, 0.1) is 5.88 Å². The zero-order chi connectivity index (χ0) is 18.2. The number of allylic oxidation sites excluding steroid dienone is 1. The van der Waals surface area contributed by atoms with Gasteiger partial charge in [-0.1, -0.05) is 12.1 Å². The fourth-order valence-corrected chi connectivity index (χ4v) is 3.02. The Bertz CT molecular complexity index is 733. The van der Waals surface area contributed by atoms with Gasteiger partial charge < -0.3 is 5.32 Å². The van der Waals surface area contributed by atoms with Crippen LogP contribution < -0.4 is 5.32 Å². The first kappa shape index (κ1) is 18.9. The van der Waals surface area contributed by atoms with Crippen LogP contribution in [0.4, 0.5) is 4.39 Å². The third kappa shape index (κ3) is 5.82. The van der Waals surface area contributed by atoms with Gasteiger partial charge >= 0.3 is 0 Å². The van der Waals surface area contributed by atoms with Crippen LogP contribution in [0.15, 0.2) is 45.5 Å². The van der Waals surface area contributed by atoms with Crippen molar-refractivity contribution in [2.24, 2.45) is 10.1 Å². The van der Waals surface area contributed by atoms with E-state index < -0.39 is 0 Å². The lowest BCUT2D eigenvalue weighted by atomic mass is 10.1. The molecule has 0 unspecified atom stereocenters. The minimum atomic E-state index is -0.302. The number of aliphatic imine (C=N–C) groups is 1. The Morgan fingerprint density at radius 2 is 2.32 bits per heavy atom. The van der Waals surface area contributed by atoms with Gasteiger partial charge in [-0.25, -0.2) is 9.40 Å². The van der Waals surface area contributed by atoms with E-state index in [-0.39, 0.29) is 24.1 Å². The molecule has 0 atom stereocenters. The van der Waals surface area contributed by atoms with Crippen LogP contribution in [0.2, 0.25) is 0 Å². The molecule has 8 heteroatoms. The molecule has 0 aliphatic carbocycles. The standard InChI is InChI=1S/C17H19FN4O2S/c1-19-10-14(9-12-4-3-5-13(18)8-12)25-11-20-17(24)15-6-7-16(23)22(2)21-15/h3-5,8,10H,1,6-7,9,11H2,2H3,(H,20,24)/b14-10-. The van der Waals surface area contributed by atoms with E-state index in [9.17, 15) is 14.0 Å². The Morgan fingerprint density at radius 3 is 3.00 bits per heavy atom. The second-order valence-electron chi connectivity index (χ2n) is 5.34. The summed E-state index contributed by atoms with van der Waals surface area (Å²) in [6.45, 7) is 3.43. The van der Waals surface area contributed by atoms with Gasteiger partial charge in [0.25, 0.3) is 5.91 Å². The van der Waals surface area contributed by atoms with E-state index in [2.05, 4.69) is 22.1 Å². The molecule has 1 heterocycles. The first-order chi connectivity index (χ1) is 12.0. The number of benzene rings is 1. The van der Waals surface area contributed by atoms with E-state index in [0.29, 0.717) is 24.4 Å². The summed E-state index contributed by atoms with van der Waals surface area (Å²) in [6.07, 6.45) is 2.70. The average Bonchev–Trinajstić information content (AvgIpc) is 2.57. The third-order valence-electron chi connectivity index (χ3n) is 3.46. The maximum Gasteiger partial charge on any atom is 0.268 e. The van der Waals surface area contributed by atoms with Crippen molar-refractivity contribution in [3.05, 3.63) is 46.8 Å². The number of carbonyl (C=O) groups excluding carboxylic acids is 2. The van der Waals surface area contributed by atoms with Gasteiger partial charge in [-0.15, -0.1) is 11.8 Å². The van der Waals surface area contributed by atoms with Crippen LogP contribution in [0.25, 0.3) is 0 Å². The normalized spacial score (nSPS) is 15.0. The third-order valence-corrected chi connectivity index (χ3v) is 4.37. The molecule has 0 saturated carbocycles. The van der Waals surface area contributed by atoms with Crippen LogP contribution in [0.3, 0.4) is 0 Å². The summed E-state index contributed by atoms with van der Waals surface area (Å²) in [5.74, 6) is -0.394. The minimum Gasteiger partial charge on any atom is -0.342 e. The Morgan fingerprint density at radius 1 is 1.52 bits per heavy atom. The fourth-order valence-electron chi connectivity index (χ4n) is 2.21. The molecule has 132 valence electrons. The first-order valence-electron chi connectivity index (χ1n) is 7.64. The summed E-state index contributed by atoms with van der Waals surface area (Å²) >= 11 is 1.38. The van der Waals surface area contributed by atoms with Crippen LogP contribution in [-0.2, 0) is 16.0 Å². The molecule has 1 N–H and O–H groups in total. The van der Waals surface area contributed by atoms with Crippen LogP contribution in [-0.4, -0.2) is 42.2 Å². The van der Waals surface area contributed by atoms with E-state index >= 15 is 0 Å². The van der Waals surface area contributed by atoms with Crippen molar-refractivity contribution < 1.29 is 14.0 Å². The monoisotopic (exact) mass is 362 g/mol. The SMILES string of the molecule is C=N/C=C(/Cc1cccc(F)c1)SCNC(=O)C1=NN(C)C(=O)CC1. The number of nitrogens with one attached hydrogen (secondary N) is 1. The fraction of sp³-hybridized carbons (Fsp3) is 0.294. The summed E-state index contributed by atoms with van der Waals surface area (Å²) in [4.78, 5) is 28.1. The van der Waals surface area contributed by atoms with Gasteiger partial charge in [0, 0.05) is 37.4 Å². The predicted molar refractivity (Wildman–Crippen MR) is 97.8 cm³/mol. The number of rotatable bonds is 7. The van der Waals surface area contributed by atoms with Gasteiger partial charge in [0.15, 0.2) is 0 Å². The van der Waals surface area contributed by atoms with E-state index in [4.69, 9.17) is 0 Å². The second kappa shape index (κ2) is 9.12. The molecule has 0 fully saturated rings. The number of nitrogens with zero attached hydrogens (tertiary/aromatic N) is 3. The van der Waals surface area contributed by atoms with Crippen molar-refractivity contribution in [3.63, 3.8) is 0 Å². The summed E-state index contributed by atoms with van der Waals surface area (Å²) in [5.41, 5.74) is 1.14. The molecule has 25 heavy (non-hydrogen) atoms. The highest BCUT2D eigenvalue weighted by atomic mass is 32.2. The number of halogens is 1. The van der Waals surface area contributed by atoms with E-state index in [1.807, 2.05) is 6.07 Å². The summed E-state index contributed by atoms with van der Waals surface area (Å²) in [6, 6.07) is 6.32. The molecule has 2 rings (SSSR count). The molecule has 6 nitrogen and oxygen atoms in total. The first-order valence-corrected chi connectivity index (χ1v) is 8.62. The molecule has 0 bridgehead atoms. The minimum absolute atomic E-state index is 0.108. The zero-order valence-corrected chi connectivity index (χ0v) is 14.7. The Balaban J connectivity index is 1.88. The molecule has 2 amide bonds. The Kier molecular flexibility index (Phi) is 6.88. The zero-order valence-electron chi connectivity index (χ0n) is 13.9. The summed E-state index contributed by atoms with van der Waals surface area (Å²) < 4.78 is 13.3. The van der Waals surface area contributed by atoms with Crippen LogP contribution in [0.1, 0.15) is 18.4 Å². The van der Waals surface area contributed by atoms with Crippen LogP contribution in [0.5, 0.6) is 0 Å². The molecule has 1 aliphatic heterocycles. The average molecular weight is 362 g/mol. The highest BCUT2D eigenvalue weighted by Gasteiger charge is 2.21. The van der Waals surface area contributed by atoms with Gasteiger partial charge in [-0.05, 0) is 24.4 Å². The predicted octanol–water partition coefficient (Wildman–Crippen LogP) is 2.33. The molecule has 1 aliphatic rings. The van der Waals surface area contributed by atoms with E-state index in [1.54, 1.807) is 12.3 Å². The van der Waals surface area contributed by atoms with Gasteiger partial charge in [0.2, 0.25) is 5.91 Å². The van der Waals surface area contributed by atoms with Gasteiger partial charge in [-0.3, -0.25) is 14.6 Å². The number of hydrogen-bond acceptors (Lipinski definition) is 5. The number of thioether (sulfide) groups is 1. The van der Waals surface area contributed by atoms with Gasteiger partial charge in [-0.2, -0.15) is 5.10 Å². The van der Waals surface area contributed by atoms with Crippen molar-refractivity contribution >= 4 is 36.0 Å². The number of carbonyl (C=O) groups is 2. The Hall–Kier alpha value is -2.48. The summed E-state index contributed by atoms with van der Waals surface area (Å²) in [7, 11) is 1.53. The summed E-state index contributed by atoms with van der Waals surface area (Å²) in [5, 5.41) is 7.90. The molecule has 1 aromatic carbocycles. The lowest BCUT2D eigenvalue weighted by Gasteiger charge is -2.18. The van der Waals surface area contributed by atoms with E-state index in [0.717, 1.165) is 10.5 Å². The molecular weight excluding hydrogens is 343 g/mol. The maximum atomic E-state index is 13.3. The molecule has 0 aromatic heterocycles. The highest BCUT2D eigenvalue weighted by Crippen LogP contribution is 2.20. The van der Waals surface area contributed by atoms with Crippen molar-refractivity contribution in [3.8, 4) is 0 Å². The van der Waals surface area contributed by atoms with Crippen molar-refractivity contribution in [2.45, 2.75) is 19.3 Å². The molecule has 1 aromatic rings. The topological polar surface area (TPSA) is 74.1 Å². The number of hydrogen-bond donors (Lipinski definition) is 1. The lowest BCUT2D eigenvalue weighted by Crippen LogP contribution is -2.37. The van der Waals surface area contributed by atoms with Gasteiger partial charge in [0.1, 0.15) is 11.5 Å². The van der Waals surface area contributed by atoms with E-state index in [1.165, 1.54) is 36.0 Å². The largest absolute Gasteiger partial charge is 0.342 e. The van der Waals surface area contributed by atoms with Crippen LogP contribution >= 0.6 is 11.8 Å². The van der Waals surface area contributed by atoms with Crippen molar-refractivity contribution in [1.82, 2.24) is 10.3 Å². The number of amides is 2. The second-order valence-corrected chi connectivity index (χ2v) is 6.45.